The second kappa shape index (κ2) is 5.89. The normalized spacial score (nSPS) is 28.6. The first-order chi connectivity index (χ1) is 7.08. The molecule has 15 heavy (non-hydrogen) atoms. The van der Waals surface area contributed by atoms with Gasteiger partial charge in [0.1, 0.15) is 0 Å². The fourth-order valence-electron chi connectivity index (χ4n) is 3.34. The lowest BCUT2D eigenvalue weighted by Gasteiger charge is -2.34. The predicted octanol–water partition coefficient (Wildman–Crippen LogP) is 3.98. The first-order valence-corrected chi connectivity index (χ1v) is 6.83. The summed E-state index contributed by atoms with van der Waals surface area (Å²) in [5, 5.41) is 3.79. The lowest BCUT2D eigenvalue weighted by atomic mass is 9.79. The van der Waals surface area contributed by atoms with Gasteiger partial charge in [-0.15, -0.1) is 0 Å². The first-order valence-electron chi connectivity index (χ1n) is 6.83. The van der Waals surface area contributed by atoms with Crippen LogP contribution in [0.2, 0.25) is 0 Å². The topological polar surface area (TPSA) is 12.0 Å². The number of nitrogens with one attached hydrogen (secondary N) is 1. The third-order valence-electron chi connectivity index (χ3n) is 3.65. The Bertz CT molecular complexity index is 168. The van der Waals surface area contributed by atoms with Crippen LogP contribution < -0.4 is 5.32 Å². The molecule has 1 heteroatoms. The van der Waals surface area contributed by atoms with Gasteiger partial charge >= 0.3 is 0 Å². The average Bonchev–Trinajstić information content (AvgIpc) is 2.51. The SMILES string of the molecule is CCCC(C)CC1(CC(C)C)CCCN1. The Kier molecular flexibility index (Phi) is 5.11. The largest absolute Gasteiger partial charge is 0.311 e. The van der Waals surface area contributed by atoms with Crippen molar-refractivity contribution >= 4 is 0 Å². The van der Waals surface area contributed by atoms with Crippen molar-refractivity contribution in [2.45, 2.75) is 71.8 Å². The molecule has 0 saturated carbocycles. The standard InChI is InChI=1S/C14H29N/c1-5-7-13(4)11-14(10-12(2)3)8-6-9-15-14/h12-13,15H,5-11H2,1-4H3. The molecule has 2 atom stereocenters. The second-order valence-electron chi connectivity index (χ2n) is 6.01. The molecule has 1 rings (SSSR count). The number of hydrogen-bond acceptors (Lipinski definition) is 1. The van der Waals surface area contributed by atoms with E-state index >= 15 is 0 Å². The van der Waals surface area contributed by atoms with Crippen LogP contribution in [0.15, 0.2) is 0 Å². The van der Waals surface area contributed by atoms with Gasteiger partial charge in [-0.2, -0.15) is 0 Å². The highest BCUT2D eigenvalue weighted by Crippen LogP contribution is 2.34. The van der Waals surface area contributed by atoms with E-state index in [9.17, 15) is 0 Å². The summed E-state index contributed by atoms with van der Waals surface area (Å²) < 4.78 is 0. The van der Waals surface area contributed by atoms with Gasteiger partial charge in [0.2, 0.25) is 0 Å². The molecule has 1 N–H and O–H groups in total. The Balaban J connectivity index is 2.49. The van der Waals surface area contributed by atoms with Crippen LogP contribution in [0.5, 0.6) is 0 Å². The van der Waals surface area contributed by atoms with Gasteiger partial charge in [0, 0.05) is 5.54 Å². The van der Waals surface area contributed by atoms with Crippen LogP contribution in [0.25, 0.3) is 0 Å². The van der Waals surface area contributed by atoms with E-state index in [1.54, 1.807) is 0 Å². The van der Waals surface area contributed by atoms with E-state index in [0.717, 1.165) is 11.8 Å². The molecule has 0 aromatic carbocycles. The fraction of sp³-hybridized carbons (Fsp3) is 1.00. The molecular formula is C14H29N. The van der Waals surface area contributed by atoms with E-state index in [0.29, 0.717) is 5.54 Å². The summed E-state index contributed by atoms with van der Waals surface area (Å²) in [6.07, 6.45) is 8.26. The van der Waals surface area contributed by atoms with Crippen molar-refractivity contribution in [3.8, 4) is 0 Å². The minimum atomic E-state index is 0.489. The second-order valence-corrected chi connectivity index (χ2v) is 6.01. The van der Waals surface area contributed by atoms with Gasteiger partial charge in [0.25, 0.3) is 0 Å². The average molecular weight is 211 g/mol. The van der Waals surface area contributed by atoms with E-state index in [2.05, 4.69) is 33.0 Å². The van der Waals surface area contributed by atoms with E-state index in [-0.39, 0.29) is 0 Å². The molecule has 0 spiro atoms. The highest BCUT2D eigenvalue weighted by Gasteiger charge is 2.34. The molecule has 0 aromatic heterocycles. The highest BCUT2D eigenvalue weighted by atomic mass is 15.0. The summed E-state index contributed by atoms with van der Waals surface area (Å²) in [5.41, 5.74) is 0.489. The number of hydrogen-bond donors (Lipinski definition) is 1. The van der Waals surface area contributed by atoms with Gasteiger partial charge in [-0.05, 0) is 44.1 Å². The zero-order valence-corrected chi connectivity index (χ0v) is 11.1. The molecule has 0 aromatic rings. The van der Waals surface area contributed by atoms with Crippen molar-refractivity contribution in [2.24, 2.45) is 11.8 Å². The molecule has 1 fully saturated rings. The van der Waals surface area contributed by atoms with E-state index in [1.165, 1.54) is 45.1 Å². The first kappa shape index (κ1) is 13.0. The summed E-state index contributed by atoms with van der Waals surface area (Å²) in [6.45, 7) is 10.7. The molecule has 1 aliphatic rings. The monoisotopic (exact) mass is 211 g/mol. The van der Waals surface area contributed by atoms with Crippen LogP contribution in [0.4, 0.5) is 0 Å². The quantitative estimate of drug-likeness (QED) is 0.700. The number of rotatable bonds is 6. The van der Waals surface area contributed by atoms with Crippen molar-refractivity contribution in [2.75, 3.05) is 6.54 Å². The zero-order chi connectivity index (χ0) is 11.3. The van der Waals surface area contributed by atoms with Crippen molar-refractivity contribution < 1.29 is 0 Å². The van der Waals surface area contributed by atoms with Gasteiger partial charge in [-0.1, -0.05) is 40.5 Å². The molecule has 0 amide bonds. The lowest BCUT2D eigenvalue weighted by Crippen LogP contribution is -2.42. The summed E-state index contributed by atoms with van der Waals surface area (Å²) in [6, 6.07) is 0. The third-order valence-corrected chi connectivity index (χ3v) is 3.65. The summed E-state index contributed by atoms with van der Waals surface area (Å²) >= 11 is 0. The van der Waals surface area contributed by atoms with Crippen LogP contribution >= 0.6 is 0 Å². The van der Waals surface area contributed by atoms with Crippen molar-refractivity contribution in [3.05, 3.63) is 0 Å². The van der Waals surface area contributed by atoms with E-state index < -0.39 is 0 Å². The minimum Gasteiger partial charge on any atom is -0.311 e. The molecule has 1 nitrogen and oxygen atoms in total. The Morgan fingerprint density at radius 3 is 2.40 bits per heavy atom. The van der Waals surface area contributed by atoms with Crippen molar-refractivity contribution in [3.63, 3.8) is 0 Å². The summed E-state index contributed by atoms with van der Waals surface area (Å²) in [7, 11) is 0. The smallest absolute Gasteiger partial charge is 0.0187 e. The van der Waals surface area contributed by atoms with E-state index in [4.69, 9.17) is 0 Å². The summed E-state index contributed by atoms with van der Waals surface area (Å²) in [4.78, 5) is 0. The van der Waals surface area contributed by atoms with Crippen molar-refractivity contribution in [1.82, 2.24) is 5.32 Å². The van der Waals surface area contributed by atoms with Crippen LogP contribution in [-0.4, -0.2) is 12.1 Å². The fourth-order valence-corrected chi connectivity index (χ4v) is 3.34. The van der Waals surface area contributed by atoms with E-state index in [1.807, 2.05) is 0 Å². The Labute approximate surface area is 96.0 Å². The summed E-state index contributed by atoms with van der Waals surface area (Å²) in [5.74, 6) is 1.71. The maximum Gasteiger partial charge on any atom is 0.0187 e. The Morgan fingerprint density at radius 1 is 1.20 bits per heavy atom. The molecule has 1 aliphatic heterocycles. The van der Waals surface area contributed by atoms with Gasteiger partial charge in [-0.25, -0.2) is 0 Å². The maximum atomic E-state index is 3.79. The molecule has 1 saturated heterocycles. The van der Waals surface area contributed by atoms with Crippen LogP contribution in [0.3, 0.4) is 0 Å². The van der Waals surface area contributed by atoms with Crippen molar-refractivity contribution in [1.29, 1.82) is 0 Å². The molecule has 1 heterocycles. The maximum absolute atomic E-state index is 3.79. The molecule has 0 bridgehead atoms. The van der Waals surface area contributed by atoms with Gasteiger partial charge in [0.05, 0.1) is 0 Å². The molecular weight excluding hydrogens is 182 g/mol. The molecule has 0 aliphatic carbocycles. The molecule has 90 valence electrons. The van der Waals surface area contributed by atoms with Gasteiger partial charge in [-0.3, -0.25) is 0 Å². The van der Waals surface area contributed by atoms with Gasteiger partial charge < -0.3 is 5.32 Å². The Hall–Kier alpha value is -0.0400. The molecule has 0 radical (unpaired) electrons. The molecule has 2 unspecified atom stereocenters. The lowest BCUT2D eigenvalue weighted by molar-refractivity contribution is 0.240. The third kappa shape index (κ3) is 4.14. The van der Waals surface area contributed by atoms with Crippen LogP contribution in [-0.2, 0) is 0 Å². The van der Waals surface area contributed by atoms with Gasteiger partial charge in [0.15, 0.2) is 0 Å². The zero-order valence-electron chi connectivity index (χ0n) is 11.1. The van der Waals surface area contributed by atoms with Crippen LogP contribution in [0.1, 0.15) is 66.2 Å². The minimum absolute atomic E-state index is 0.489. The Morgan fingerprint density at radius 2 is 1.93 bits per heavy atom. The highest BCUT2D eigenvalue weighted by molar-refractivity contribution is 4.94. The predicted molar refractivity (Wildman–Crippen MR) is 68.1 cm³/mol. The van der Waals surface area contributed by atoms with Crippen LogP contribution in [0, 0.1) is 11.8 Å².